The van der Waals surface area contributed by atoms with Crippen LogP contribution in [-0.4, -0.2) is 33.1 Å². The minimum Gasteiger partial charge on any atom is -0.387 e. The van der Waals surface area contributed by atoms with Gasteiger partial charge in [-0.15, -0.1) is 11.6 Å². The molecular weight excluding hydrogens is 347 g/mol. The van der Waals surface area contributed by atoms with Gasteiger partial charge in [-0.2, -0.15) is 0 Å². The van der Waals surface area contributed by atoms with Gasteiger partial charge in [0, 0.05) is 4.83 Å². The summed E-state index contributed by atoms with van der Waals surface area (Å²) in [5, 5.41) is 9.91. The highest BCUT2D eigenvalue weighted by Gasteiger charge is 2.43. The number of ether oxygens (including phenoxy) is 1. The van der Waals surface area contributed by atoms with Crippen LogP contribution in [0.1, 0.15) is 20.3 Å². The largest absolute Gasteiger partial charge is 0.387 e. The van der Waals surface area contributed by atoms with Gasteiger partial charge < -0.3 is 9.84 Å². The van der Waals surface area contributed by atoms with E-state index in [0.717, 1.165) is 0 Å². The van der Waals surface area contributed by atoms with Gasteiger partial charge in [0.05, 0.1) is 23.2 Å². The second kappa shape index (κ2) is 5.05. The first-order valence-electron chi connectivity index (χ1n) is 4.74. The van der Waals surface area contributed by atoms with E-state index in [-0.39, 0.29) is 10.9 Å². The Balaban J connectivity index is 2.69. The van der Waals surface area contributed by atoms with Crippen molar-refractivity contribution in [3.63, 3.8) is 0 Å². The molecule has 1 rings (SSSR count). The van der Waals surface area contributed by atoms with Gasteiger partial charge in [-0.05, 0) is 25.3 Å². The first-order valence-corrected chi connectivity index (χ1v) is 6.95. The predicted molar refractivity (Wildman–Crippen MR) is 70.0 cm³/mol. The van der Waals surface area contributed by atoms with Crippen LogP contribution in [0.15, 0.2) is 11.1 Å². The molecule has 0 amide bonds. The van der Waals surface area contributed by atoms with Crippen molar-refractivity contribution in [2.45, 2.75) is 41.7 Å². The molecular formula is C10H15Br2ClO2. The molecule has 0 aromatic rings. The van der Waals surface area contributed by atoms with Crippen molar-refractivity contribution in [1.82, 2.24) is 0 Å². The zero-order chi connectivity index (χ0) is 11.7. The maximum atomic E-state index is 9.91. The Bertz CT molecular complexity index is 254. The smallest absolute Gasteiger partial charge is 0.0977 e. The van der Waals surface area contributed by atoms with Gasteiger partial charge in [-0.1, -0.05) is 37.9 Å². The Kier molecular flexibility index (Phi) is 4.70. The van der Waals surface area contributed by atoms with Crippen LogP contribution in [0.4, 0.5) is 0 Å². The van der Waals surface area contributed by atoms with E-state index in [1.54, 1.807) is 11.9 Å². The zero-order valence-electron chi connectivity index (χ0n) is 8.71. The molecule has 15 heavy (non-hydrogen) atoms. The topological polar surface area (TPSA) is 29.5 Å². The molecule has 0 aromatic carbocycles. The van der Waals surface area contributed by atoms with Gasteiger partial charge in [0.1, 0.15) is 0 Å². The molecule has 1 N–H and O–H groups in total. The van der Waals surface area contributed by atoms with Crippen molar-refractivity contribution >= 4 is 43.5 Å². The minimum atomic E-state index is -0.818. The fourth-order valence-electron chi connectivity index (χ4n) is 1.49. The number of halogens is 3. The van der Waals surface area contributed by atoms with Crippen LogP contribution in [0.25, 0.3) is 0 Å². The summed E-state index contributed by atoms with van der Waals surface area (Å²) < 4.78 is 5.60. The lowest BCUT2D eigenvalue weighted by atomic mass is 9.90. The number of alkyl halides is 2. The summed E-state index contributed by atoms with van der Waals surface area (Å²) in [6.07, 6.45) is 2.43. The molecule has 0 bridgehead atoms. The highest BCUT2D eigenvalue weighted by molar-refractivity contribution is 9.11. The van der Waals surface area contributed by atoms with E-state index in [1.165, 1.54) is 0 Å². The van der Waals surface area contributed by atoms with Gasteiger partial charge in [-0.3, -0.25) is 0 Å². The standard InChI is InChI=1S/C10H15Br2ClO2/c1-9(13,3-4-11)8-5-7(12)10(2,14)6-15-8/h3-4,7-8,14H,5-6H2,1-2H3/b4-3+/t7-,8-,9-,10+/m0/s1. The Morgan fingerprint density at radius 2 is 2.27 bits per heavy atom. The molecule has 0 spiro atoms. The van der Waals surface area contributed by atoms with E-state index in [4.69, 9.17) is 16.3 Å². The highest BCUT2D eigenvalue weighted by Crippen LogP contribution is 2.36. The van der Waals surface area contributed by atoms with Crippen LogP contribution in [0.2, 0.25) is 0 Å². The Hall–Kier alpha value is 0.910. The fraction of sp³-hybridized carbons (Fsp3) is 0.800. The van der Waals surface area contributed by atoms with Gasteiger partial charge >= 0.3 is 0 Å². The number of rotatable bonds is 2. The summed E-state index contributed by atoms with van der Waals surface area (Å²) in [6, 6.07) is 0. The molecule has 4 atom stereocenters. The molecule has 1 fully saturated rings. The third-order valence-corrected chi connectivity index (χ3v) is 4.68. The van der Waals surface area contributed by atoms with Crippen LogP contribution in [0.5, 0.6) is 0 Å². The van der Waals surface area contributed by atoms with Gasteiger partial charge in [-0.25, -0.2) is 0 Å². The molecule has 1 heterocycles. The van der Waals surface area contributed by atoms with E-state index in [0.29, 0.717) is 13.0 Å². The summed E-state index contributed by atoms with van der Waals surface area (Å²) in [7, 11) is 0. The predicted octanol–water partition coefficient (Wildman–Crippen LogP) is 3.20. The quantitative estimate of drug-likeness (QED) is 0.765. The fourth-order valence-corrected chi connectivity index (χ4v) is 2.88. The van der Waals surface area contributed by atoms with Crippen LogP contribution in [-0.2, 0) is 4.74 Å². The van der Waals surface area contributed by atoms with Crippen molar-refractivity contribution in [3.8, 4) is 0 Å². The molecule has 1 saturated heterocycles. The van der Waals surface area contributed by atoms with E-state index >= 15 is 0 Å². The van der Waals surface area contributed by atoms with Crippen molar-refractivity contribution in [3.05, 3.63) is 11.1 Å². The van der Waals surface area contributed by atoms with Crippen LogP contribution < -0.4 is 0 Å². The normalized spacial score (nSPS) is 41.7. The second-order valence-corrected chi connectivity index (χ2v) is 6.75. The molecule has 0 aliphatic carbocycles. The van der Waals surface area contributed by atoms with Crippen molar-refractivity contribution in [2.75, 3.05) is 6.61 Å². The van der Waals surface area contributed by atoms with Gasteiger partial charge in [0.2, 0.25) is 0 Å². The lowest BCUT2D eigenvalue weighted by Crippen LogP contribution is -2.52. The average molecular weight is 362 g/mol. The van der Waals surface area contributed by atoms with Crippen LogP contribution in [0, 0.1) is 0 Å². The summed E-state index contributed by atoms with van der Waals surface area (Å²) in [5.74, 6) is 0. The summed E-state index contributed by atoms with van der Waals surface area (Å²) in [4.78, 5) is 1.19. The Labute approximate surface area is 112 Å². The molecule has 0 radical (unpaired) electrons. The average Bonchev–Trinajstić information content (AvgIpc) is 2.09. The summed E-state index contributed by atoms with van der Waals surface area (Å²) >= 11 is 13.0. The zero-order valence-corrected chi connectivity index (χ0v) is 12.6. The lowest BCUT2D eigenvalue weighted by molar-refractivity contribution is -0.108. The maximum Gasteiger partial charge on any atom is 0.0977 e. The number of hydrogen-bond donors (Lipinski definition) is 1. The Morgan fingerprint density at radius 3 is 2.73 bits per heavy atom. The van der Waals surface area contributed by atoms with Gasteiger partial charge in [0.25, 0.3) is 0 Å². The molecule has 0 saturated carbocycles. The summed E-state index contributed by atoms with van der Waals surface area (Å²) in [6.45, 7) is 3.96. The highest BCUT2D eigenvalue weighted by atomic mass is 79.9. The minimum absolute atomic E-state index is 0.00514. The third kappa shape index (κ3) is 3.43. The van der Waals surface area contributed by atoms with E-state index in [2.05, 4.69) is 31.9 Å². The summed E-state index contributed by atoms with van der Waals surface area (Å²) in [5.41, 5.74) is -0.818. The number of hydrogen-bond acceptors (Lipinski definition) is 2. The van der Waals surface area contributed by atoms with E-state index < -0.39 is 10.5 Å². The molecule has 2 nitrogen and oxygen atoms in total. The first kappa shape index (κ1) is 14.0. The second-order valence-electron chi connectivity index (χ2n) is 4.30. The number of aliphatic hydroxyl groups is 1. The van der Waals surface area contributed by atoms with E-state index in [1.807, 2.05) is 13.0 Å². The molecule has 1 aliphatic heterocycles. The van der Waals surface area contributed by atoms with Crippen molar-refractivity contribution < 1.29 is 9.84 Å². The molecule has 0 unspecified atom stereocenters. The first-order chi connectivity index (χ1) is 6.79. The molecule has 5 heteroatoms. The van der Waals surface area contributed by atoms with Crippen LogP contribution in [0.3, 0.4) is 0 Å². The van der Waals surface area contributed by atoms with Crippen LogP contribution >= 0.6 is 43.5 Å². The lowest BCUT2D eigenvalue weighted by Gasteiger charge is -2.42. The monoisotopic (exact) mass is 360 g/mol. The van der Waals surface area contributed by atoms with Crippen molar-refractivity contribution in [1.29, 1.82) is 0 Å². The molecule has 1 aliphatic rings. The SMILES string of the molecule is C[C@](Cl)(/C=C/Br)[C@@H]1C[C@H](Br)[C@](C)(O)CO1. The van der Waals surface area contributed by atoms with Crippen molar-refractivity contribution in [2.24, 2.45) is 0 Å². The van der Waals surface area contributed by atoms with Gasteiger partial charge in [0.15, 0.2) is 0 Å². The molecule has 0 aromatic heterocycles. The third-order valence-electron chi connectivity index (χ3n) is 2.69. The maximum absolute atomic E-state index is 9.91. The van der Waals surface area contributed by atoms with E-state index in [9.17, 15) is 5.11 Å². The molecule has 88 valence electrons. The Morgan fingerprint density at radius 1 is 1.67 bits per heavy atom.